The van der Waals surface area contributed by atoms with Crippen LogP contribution in [0, 0.1) is 0 Å². The Morgan fingerprint density at radius 1 is 1.13 bits per heavy atom. The third kappa shape index (κ3) is 4.77. The molecule has 0 aliphatic carbocycles. The Bertz CT molecular complexity index is 1260. The summed E-state index contributed by atoms with van der Waals surface area (Å²) in [5, 5.41) is 6.02. The molecule has 158 valence electrons. The molecule has 0 bridgehead atoms. The summed E-state index contributed by atoms with van der Waals surface area (Å²) in [6.45, 7) is 2.08. The van der Waals surface area contributed by atoms with Crippen molar-refractivity contribution in [3.8, 4) is 17.1 Å². The number of aromatic amines is 1. The highest BCUT2D eigenvalue weighted by Gasteiger charge is 2.13. The van der Waals surface area contributed by atoms with Crippen molar-refractivity contribution in [2.45, 2.75) is 18.5 Å². The first-order chi connectivity index (χ1) is 15.1. The molecule has 4 aromatic rings. The Hall–Kier alpha value is -3.59. The van der Waals surface area contributed by atoms with Crippen molar-refractivity contribution in [3.63, 3.8) is 0 Å². The van der Waals surface area contributed by atoms with Crippen LogP contribution in [0.15, 0.2) is 64.5 Å². The van der Waals surface area contributed by atoms with Gasteiger partial charge in [0.05, 0.1) is 12.9 Å². The second-order valence-electron chi connectivity index (χ2n) is 6.76. The molecule has 0 saturated carbocycles. The highest BCUT2D eigenvalue weighted by molar-refractivity contribution is 7.99. The lowest BCUT2D eigenvalue weighted by Crippen LogP contribution is -2.15. The van der Waals surface area contributed by atoms with Crippen LogP contribution in [0.25, 0.3) is 17.0 Å². The fourth-order valence-corrected chi connectivity index (χ4v) is 3.75. The maximum absolute atomic E-state index is 12.4. The van der Waals surface area contributed by atoms with E-state index in [2.05, 4.69) is 27.3 Å². The molecule has 2 aromatic carbocycles. The summed E-state index contributed by atoms with van der Waals surface area (Å²) in [6, 6.07) is 16.5. The van der Waals surface area contributed by atoms with Gasteiger partial charge in [0.15, 0.2) is 16.6 Å². The van der Waals surface area contributed by atoms with E-state index in [9.17, 15) is 9.59 Å². The summed E-state index contributed by atoms with van der Waals surface area (Å²) in [6.07, 6.45) is 0.944. The number of carbonyl (C=O) groups excluding carboxylic acids is 1. The van der Waals surface area contributed by atoms with E-state index in [1.54, 1.807) is 7.11 Å². The third-order valence-electron chi connectivity index (χ3n) is 4.65. The molecule has 0 fully saturated rings. The number of rotatable bonds is 7. The number of nitrogens with one attached hydrogen (secondary N) is 2. The fraction of sp³-hybridized carbons (Fsp3) is 0.182. The molecule has 0 saturated heterocycles. The zero-order chi connectivity index (χ0) is 21.8. The molecular weight excluding hydrogens is 414 g/mol. The van der Waals surface area contributed by atoms with Gasteiger partial charge in [0.1, 0.15) is 5.75 Å². The molecule has 0 atom stereocenters. The van der Waals surface area contributed by atoms with Crippen LogP contribution in [-0.4, -0.2) is 38.4 Å². The summed E-state index contributed by atoms with van der Waals surface area (Å²) < 4.78 is 6.68. The molecule has 9 heteroatoms. The average Bonchev–Trinajstić information content (AvgIpc) is 3.18. The van der Waals surface area contributed by atoms with Gasteiger partial charge in [-0.1, -0.05) is 30.8 Å². The van der Waals surface area contributed by atoms with Crippen LogP contribution in [-0.2, 0) is 11.2 Å². The maximum Gasteiger partial charge on any atom is 0.266 e. The number of fused-ring (bicyclic) bond motifs is 1. The van der Waals surface area contributed by atoms with Gasteiger partial charge >= 0.3 is 0 Å². The first kappa shape index (κ1) is 20.7. The SMILES string of the molecule is CCc1ccc(NC(=O)CSc2nc(-c3ccc(OC)cc3)nc3cc(=O)[nH]n23)cc1. The molecule has 2 N–H and O–H groups in total. The van der Waals surface area contributed by atoms with Crippen LogP contribution >= 0.6 is 11.8 Å². The number of aromatic nitrogens is 4. The molecular formula is C22H21N5O3S. The minimum Gasteiger partial charge on any atom is -0.497 e. The second kappa shape index (κ2) is 9.05. The van der Waals surface area contributed by atoms with Crippen molar-refractivity contribution in [2.24, 2.45) is 0 Å². The predicted molar refractivity (Wildman–Crippen MR) is 121 cm³/mol. The molecule has 0 spiro atoms. The number of hydrogen-bond acceptors (Lipinski definition) is 6. The van der Waals surface area contributed by atoms with Crippen molar-refractivity contribution in [1.29, 1.82) is 0 Å². The second-order valence-corrected chi connectivity index (χ2v) is 7.70. The highest BCUT2D eigenvalue weighted by atomic mass is 32.2. The number of thioether (sulfide) groups is 1. The van der Waals surface area contributed by atoms with E-state index in [1.807, 2.05) is 48.5 Å². The Morgan fingerprint density at radius 2 is 1.87 bits per heavy atom. The van der Waals surface area contributed by atoms with E-state index in [0.29, 0.717) is 16.6 Å². The topological polar surface area (TPSA) is 101 Å². The quantitative estimate of drug-likeness (QED) is 0.432. The largest absolute Gasteiger partial charge is 0.497 e. The zero-order valence-electron chi connectivity index (χ0n) is 17.1. The minimum absolute atomic E-state index is 0.129. The van der Waals surface area contributed by atoms with Crippen molar-refractivity contribution in [3.05, 3.63) is 70.5 Å². The summed E-state index contributed by atoms with van der Waals surface area (Å²) >= 11 is 1.22. The standard InChI is InChI=1S/C22H21N5O3S/c1-3-14-4-8-16(9-5-14)23-20(29)13-31-22-25-21(15-6-10-17(30-2)11-7-15)24-18-12-19(28)26-27(18)22/h4-12H,3,13H2,1-2H3,(H,23,29)(H,26,28). The van der Waals surface area contributed by atoms with Gasteiger partial charge in [0.25, 0.3) is 5.56 Å². The summed E-state index contributed by atoms with van der Waals surface area (Å²) in [5.41, 5.74) is 2.87. The van der Waals surface area contributed by atoms with Crippen LogP contribution in [0.2, 0.25) is 0 Å². The van der Waals surface area contributed by atoms with E-state index < -0.39 is 0 Å². The van der Waals surface area contributed by atoms with Crippen LogP contribution in [0.1, 0.15) is 12.5 Å². The molecule has 0 radical (unpaired) electrons. The first-order valence-electron chi connectivity index (χ1n) is 9.71. The Morgan fingerprint density at radius 3 is 2.55 bits per heavy atom. The number of hydrogen-bond donors (Lipinski definition) is 2. The number of carbonyl (C=O) groups is 1. The lowest BCUT2D eigenvalue weighted by molar-refractivity contribution is -0.113. The number of ether oxygens (including phenoxy) is 1. The third-order valence-corrected chi connectivity index (χ3v) is 5.59. The molecule has 4 rings (SSSR count). The van der Waals surface area contributed by atoms with Crippen molar-refractivity contribution >= 4 is 29.0 Å². The Labute approximate surface area is 182 Å². The molecule has 2 heterocycles. The summed E-state index contributed by atoms with van der Waals surface area (Å²) in [5.74, 6) is 1.14. The lowest BCUT2D eigenvalue weighted by atomic mass is 10.1. The van der Waals surface area contributed by atoms with Gasteiger partial charge in [-0.2, -0.15) is 0 Å². The van der Waals surface area contributed by atoms with Gasteiger partial charge in [-0.05, 0) is 48.4 Å². The van der Waals surface area contributed by atoms with Gasteiger partial charge in [-0.25, -0.2) is 14.5 Å². The molecule has 31 heavy (non-hydrogen) atoms. The monoisotopic (exact) mass is 435 g/mol. The van der Waals surface area contributed by atoms with Crippen LogP contribution < -0.4 is 15.6 Å². The molecule has 0 aliphatic rings. The van der Waals surface area contributed by atoms with Crippen LogP contribution in [0.3, 0.4) is 0 Å². The smallest absolute Gasteiger partial charge is 0.266 e. The summed E-state index contributed by atoms with van der Waals surface area (Å²) in [4.78, 5) is 33.3. The van der Waals surface area contributed by atoms with Gasteiger partial charge in [-0.15, -0.1) is 0 Å². The number of nitrogens with zero attached hydrogens (tertiary/aromatic N) is 3. The Kier molecular flexibility index (Phi) is 6.03. The first-order valence-corrected chi connectivity index (χ1v) is 10.7. The van der Waals surface area contributed by atoms with E-state index >= 15 is 0 Å². The number of benzene rings is 2. The average molecular weight is 436 g/mol. The van der Waals surface area contributed by atoms with E-state index in [-0.39, 0.29) is 17.2 Å². The number of anilines is 1. The molecule has 0 unspecified atom stereocenters. The summed E-state index contributed by atoms with van der Waals surface area (Å²) in [7, 11) is 1.60. The number of H-pyrrole nitrogens is 1. The zero-order valence-corrected chi connectivity index (χ0v) is 17.9. The van der Waals surface area contributed by atoms with Crippen molar-refractivity contribution in [1.82, 2.24) is 19.6 Å². The van der Waals surface area contributed by atoms with E-state index in [4.69, 9.17) is 4.74 Å². The lowest BCUT2D eigenvalue weighted by Gasteiger charge is -2.09. The van der Waals surface area contributed by atoms with Crippen LogP contribution in [0.5, 0.6) is 5.75 Å². The fourth-order valence-electron chi connectivity index (χ4n) is 3.00. The molecule has 8 nitrogen and oxygen atoms in total. The van der Waals surface area contributed by atoms with E-state index in [1.165, 1.54) is 27.9 Å². The van der Waals surface area contributed by atoms with Crippen molar-refractivity contribution < 1.29 is 9.53 Å². The number of aryl methyl sites for hydroxylation is 1. The van der Waals surface area contributed by atoms with Crippen LogP contribution in [0.4, 0.5) is 5.69 Å². The number of amides is 1. The predicted octanol–water partition coefficient (Wildman–Crippen LogP) is 3.39. The molecule has 1 amide bonds. The van der Waals surface area contributed by atoms with Gasteiger partial charge in [0, 0.05) is 17.3 Å². The normalized spacial score (nSPS) is 10.9. The number of methoxy groups -OCH3 is 1. The maximum atomic E-state index is 12.4. The minimum atomic E-state index is -0.288. The molecule has 2 aromatic heterocycles. The van der Waals surface area contributed by atoms with Gasteiger partial charge in [0.2, 0.25) is 5.91 Å². The van der Waals surface area contributed by atoms with Gasteiger partial charge in [-0.3, -0.25) is 14.7 Å². The van der Waals surface area contributed by atoms with Gasteiger partial charge < -0.3 is 10.1 Å². The molecule has 0 aliphatic heterocycles. The Balaban J connectivity index is 1.55. The van der Waals surface area contributed by atoms with Crippen molar-refractivity contribution in [2.75, 3.05) is 18.2 Å². The van der Waals surface area contributed by atoms with E-state index in [0.717, 1.165) is 23.4 Å². The highest BCUT2D eigenvalue weighted by Crippen LogP contribution is 2.23.